The minimum absolute atomic E-state index is 0.219. The Kier molecular flexibility index (Phi) is 15.7. The number of aryl methyl sites for hydroxylation is 1. The lowest BCUT2D eigenvalue weighted by molar-refractivity contribution is 0.101. The van der Waals surface area contributed by atoms with Crippen molar-refractivity contribution >= 4 is 40.9 Å². The predicted molar refractivity (Wildman–Crippen MR) is 294 cm³/mol. The van der Waals surface area contributed by atoms with Crippen molar-refractivity contribution in [3.63, 3.8) is 0 Å². The van der Waals surface area contributed by atoms with Crippen molar-refractivity contribution in [3.05, 3.63) is 218 Å². The molecule has 3 aliphatic rings. The van der Waals surface area contributed by atoms with E-state index in [1.807, 2.05) is 91.9 Å². The number of aromatic nitrogens is 6. The summed E-state index contributed by atoms with van der Waals surface area (Å²) >= 11 is 0. The van der Waals surface area contributed by atoms with E-state index in [-0.39, 0.29) is 17.7 Å². The number of nitrogens with zero attached hydrogens (tertiary/aromatic N) is 6. The smallest absolute Gasteiger partial charge is 0.258 e. The van der Waals surface area contributed by atoms with Gasteiger partial charge < -0.3 is 30.7 Å². The summed E-state index contributed by atoms with van der Waals surface area (Å²) in [6, 6.07) is 46.6. The number of hydrogen-bond donors (Lipinski definition) is 4. The number of anilines is 4. The molecule has 3 aliphatic carbocycles. The molecule has 76 heavy (non-hydrogen) atoms. The average Bonchev–Trinajstić information content (AvgIpc) is 4.33. The van der Waals surface area contributed by atoms with E-state index in [0.29, 0.717) is 52.4 Å². The second-order valence-electron chi connectivity index (χ2n) is 18.5. The van der Waals surface area contributed by atoms with Crippen LogP contribution in [0.15, 0.2) is 195 Å². The van der Waals surface area contributed by atoms with Gasteiger partial charge in [0.05, 0.1) is 28.9 Å². The SMILES string of the molecule is Cc1ccc(C(=O)Nc2ccc(-c3cccc(OC4CC4)c3)cn2)cn1.O=C(Nc1ccc(-c2cccc(NC3CC3)c2)cn1)c1cccnc1.O=C(Nc1ccc(-c2cccc(OC3CC3)c2)cn1)c1cccnc1. The molecule has 0 unspecified atom stereocenters. The Hall–Kier alpha value is -9.63. The van der Waals surface area contributed by atoms with E-state index in [2.05, 4.69) is 69.4 Å². The quantitative estimate of drug-likeness (QED) is 0.0760. The van der Waals surface area contributed by atoms with E-state index >= 15 is 0 Å². The summed E-state index contributed by atoms with van der Waals surface area (Å²) in [7, 11) is 0. The van der Waals surface area contributed by atoms with Crippen LogP contribution >= 0.6 is 0 Å². The van der Waals surface area contributed by atoms with E-state index in [9.17, 15) is 14.4 Å². The van der Waals surface area contributed by atoms with Gasteiger partial charge in [0.25, 0.3) is 17.7 Å². The van der Waals surface area contributed by atoms with Crippen molar-refractivity contribution in [1.29, 1.82) is 0 Å². The van der Waals surface area contributed by atoms with Crippen LogP contribution in [0.25, 0.3) is 33.4 Å². The minimum Gasteiger partial charge on any atom is -0.490 e. The first kappa shape index (κ1) is 49.9. The fourth-order valence-electron chi connectivity index (χ4n) is 7.58. The van der Waals surface area contributed by atoms with Crippen molar-refractivity contribution in [2.45, 2.75) is 63.7 Å². The van der Waals surface area contributed by atoms with Crippen molar-refractivity contribution < 1.29 is 23.9 Å². The molecular formula is C61H54N10O5. The standard InChI is InChI=1S/C21H19N3O2.C20H18N4O.C20H17N3O2/c1-14-5-6-17(13-22-14)21(25)24-20-10-7-16(12-23-20)15-3-2-4-19(11-15)26-18-8-9-18;25-20(16-4-2-10-21-12-16)24-19-9-6-15(13-22-19)14-3-1-5-18(11-14)23-17-7-8-17;24-20(16-4-2-10-21-12-16)23-19-9-6-15(13-22-19)14-3-1-5-18(11-14)25-17-7-8-17/h2-7,10-13,18H,8-9H2,1H3,(H,23,24,25);1-6,9-13,17,23H,7-8H2,(H,22,24,25);1-6,9-13,17H,7-8H2,(H,22,23,24). The molecular weight excluding hydrogens is 953 g/mol. The summed E-state index contributed by atoms with van der Waals surface area (Å²) < 4.78 is 11.7. The molecule has 0 atom stereocenters. The van der Waals surface area contributed by atoms with Gasteiger partial charge >= 0.3 is 0 Å². The third-order valence-corrected chi connectivity index (χ3v) is 12.2. The molecule has 15 heteroatoms. The second kappa shape index (κ2) is 23.9. The van der Waals surface area contributed by atoms with Crippen LogP contribution in [0.2, 0.25) is 0 Å². The fraction of sp³-hybridized carbons (Fsp3) is 0.164. The molecule has 3 fully saturated rings. The molecule has 0 aliphatic heterocycles. The molecule has 378 valence electrons. The Labute approximate surface area is 440 Å². The molecule has 3 aromatic carbocycles. The number of nitrogens with one attached hydrogen (secondary N) is 4. The number of hydrogen-bond acceptors (Lipinski definition) is 12. The van der Waals surface area contributed by atoms with Crippen LogP contribution in [0.4, 0.5) is 23.1 Å². The Bertz CT molecular complexity index is 3240. The zero-order chi connectivity index (χ0) is 52.1. The van der Waals surface area contributed by atoms with Gasteiger partial charge in [0.15, 0.2) is 0 Å². The molecule has 0 radical (unpaired) electrons. The topological polar surface area (TPSA) is 195 Å². The predicted octanol–water partition coefficient (Wildman–Crippen LogP) is 12.2. The zero-order valence-corrected chi connectivity index (χ0v) is 41.7. The largest absolute Gasteiger partial charge is 0.490 e. The van der Waals surface area contributed by atoms with Gasteiger partial charge in [-0.1, -0.05) is 36.4 Å². The number of amides is 3. The number of carbonyl (C=O) groups is 3. The Morgan fingerprint density at radius 2 is 0.868 bits per heavy atom. The molecule has 15 nitrogen and oxygen atoms in total. The highest BCUT2D eigenvalue weighted by Gasteiger charge is 2.25. The molecule has 6 aromatic heterocycles. The Morgan fingerprint density at radius 3 is 1.25 bits per heavy atom. The first-order valence-corrected chi connectivity index (χ1v) is 25.2. The molecule has 4 N–H and O–H groups in total. The van der Waals surface area contributed by atoms with E-state index < -0.39 is 0 Å². The second-order valence-corrected chi connectivity index (χ2v) is 18.5. The van der Waals surface area contributed by atoms with Gasteiger partial charge in [-0.2, -0.15) is 0 Å². The average molecular weight is 1010 g/mol. The van der Waals surface area contributed by atoms with Crippen molar-refractivity contribution in [2.24, 2.45) is 0 Å². The highest BCUT2D eigenvalue weighted by molar-refractivity contribution is 6.04. The van der Waals surface area contributed by atoms with Gasteiger partial charge in [0.1, 0.15) is 29.0 Å². The van der Waals surface area contributed by atoms with Crippen LogP contribution in [-0.2, 0) is 0 Å². The molecule has 0 bridgehead atoms. The van der Waals surface area contributed by atoms with Crippen LogP contribution in [0.3, 0.4) is 0 Å². The number of rotatable bonds is 15. The third kappa shape index (κ3) is 14.5. The number of carbonyl (C=O) groups excluding carboxylic acids is 3. The van der Waals surface area contributed by atoms with Gasteiger partial charge in [0, 0.05) is 83.7 Å². The Balaban J connectivity index is 0.000000130. The summed E-state index contributed by atoms with van der Waals surface area (Å²) in [6.07, 6.45) is 20.9. The van der Waals surface area contributed by atoms with Crippen molar-refractivity contribution in [3.8, 4) is 44.9 Å². The zero-order valence-electron chi connectivity index (χ0n) is 41.7. The summed E-state index contributed by atoms with van der Waals surface area (Å²) in [6.45, 7) is 1.88. The number of ether oxygens (including phenoxy) is 2. The van der Waals surface area contributed by atoms with E-state index in [1.54, 1.807) is 79.6 Å². The third-order valence-electron chi connectivity index (χ3n) is 12.2. The number of pyridine rings is 6. The molecule has 3 amide bonds. The van der Waals surface area contributed by atoms with Gasteiger partial charge in [-0.25, -0.2) is 15.0 Å². The monoisotopic (exact) mass is 1010 g/mol. The molecule has 3 saturated carbocycles. The lowest BCUT2D eigenvalue weighted by atomic mass is 10.1. The number of benzene rings is 3. The van der Waals surface area contributed by atoms with Crippen LogP contribution in [-0.4, -0.2) is 65.9 Å². The summed E-state index contributed by atoms with van der Waals surface area (Å²) in [5, 5.41) is 11.8. The maximum absolute atomic E-state index is 12.2. The normalized spacial score (nSPS) is 13.3. The van der Waals surface area contributed by atoms with E-state index in [0.717, 1.165) is 81.9 Å². The molecule has 0 spiro atoms. The van der Waals surface area contributed by atoms with Crippen LogP contribution in [0, 0.1) is 6.92 Å². The van der Waals surface area contributed by atoms with Crippen LogP contribution in [0.5, 0.6) is 11.5 Å². The Morgan fingerprint density at radius 1 is 0.421 bits per heavy atom. The molecule has 0 saturated heterocycles. The van der Waals surface area contributed by atoms with Gasteiger partial charge in [-0.15, -0.1) is 0 Å². The first-order valence-electron chi connectivity index (χ1n) is 25.2. The van der Waals surface area contributed by atoms with Gasteiger partial charge in [0.2, 0.25) is 0 Å². The van der Waals surface area contributed by atoms with Gasteiger partial charge in [-0.3, -0.25) is 29.3 Å². The van der Waals surface area contributed by atoms with E-state index in [4.69, 9.17) is 9.47 Å². The summed E-state index contributed by atoms with van der Waals surface area (Å²) in [5.74, 6) is 2.62. The summed E-state index contributed by atoms with van der Waals surface area (Å²) in [5.41, 5.74) is 9.65. The summed E-state index contributed by atoms with van der Waals surface area (Å²) in [4.78, 5) is 61.5. The first-order chi connectivity index (χ1) is 37.2. The van der Waals surface area contributed by atoms with Crippen molar-refractivity contribution in [2.75, 3.05) is 21.3 Å². The van der Waals surface area contributed by atoms with Crippen LogP contribution in [0.1, 0.15) is 75.3 Å². The maximum atomic E-state index is 12.2. The highest BCUT2D eigenvalue weighted by Crippen LogP contribution is 2.32. The fourth-order valence-corrected chi connectivity index (χ4v) is 7.58. The maximum Gasteiger partial charge on any atom is 0.258 e. The molecule has 9 aromatic rings. The van der Waals surface area contributed by atoms with Gasteiger partial charge in [-0.05, 0) is 171 Å². The highest BCUT2D eigenvalue weighted by atomic mass is 16.5. The lowest BCUT2D eigenvalue weighted by Gasteiger charge is -2.08. The van der Waals surface area contributed by atoms with Crippen molar-refractivity contribution in [1.82, 2.24) is 29.9 Å². The minimum atomic E-state index is -0.229. The lowest BCUT2D eigenvalue weighted by Crippen LogP contribution is -2.13. The van der Waals surface area contributed by atoms with Crippen LogP contribution < -0.4 is 30.7 Å². The molecule has 6 heterocycles. The van der Waals surface area contributed by atoms with E-state index in [1.165, 1.54) is 25.2 Å². The molecule has 12 rings (SSSR count).